The van der Waals surface area contributed by atoms with Crippen molar-refractivity contribution < 1.29 is 9.15 Å². The molecule has 0 fully saturated rings. The molecule has 3 aromatic heterocycles. The van der Waals surface area contributed by atoms with Gasteiger partial charge < -0.3 is 18.5 Å². The Morgan fingerprint density at radius 1 is 0.577 bits per heavy atom. The highest BCUT2D eigenvalue weighted by Crippen LogP contribution is 2.40. The molecule has 6 aromatic carbocycles. The summed E-state index contributed by atoms with van der Waals surface area (Å²) in [7, 11) is 0. The van der Waals surface area contributed by atoms with Crippen molar-refractivity contribution in [2.45, 2.75) is 12.5 Å². The predicted octanol–water partition coefficient (Wildman–Crippen LogP) is 12.2. The lowest BCUT2D eigenvalue weighted by atomic mass is 10.0. The fourth-order valence-corrected chi connectivity index (χ4v) is 7.26. The molecule has 0 bridgehead atoms. The molecule has 10 rings (SSSR count). The first-order chi connectivity index (χ1) is 25.7. The second-order valence-corrected chi connectivity index (χ2v) is 13.3. The molecule has 9 aromatic rings. The third-order valence-electron chi connectivity index (χ3n) is 10.0. The van der Waals surface area contributed by atoms with Crippen LogP contribution >= 0.6 is 0 Å². The standard InChI is InChI=1S/C47H33N3O2/c1-3-9-43-37(7-1)29-45(51-43)35-18-24-40(25-19-35)50(41-26-20-36(21-27-41)46-30-38-8-2-4-10-44(38)52-46)39-22-16-33(17-23-39)32-12-14-34(15-13-32)42-31-49-28-6-5-11-47(49)48-42/h1-29,31,46H,30H2. The van der Waals surface area contributed by atoms with Crippen LogP contribution in [0.25, 0.3) is 50.3 Å². The molecule has 5 nitrogen and oxygen atoms in total. The molecule has 1 atom stereocenters. The van der Waals surface area contributed by atoms with Gasteiger partial charge in [0.15, 0.2) is 0 Å². The molecule has 4 heterocycles. The summed E-state index contributed by atoms with van der Waals surface area (Å²) in [5, 5.41) is 1.10. The number of rotatable bonds is 7. The van der Waals surface area contributed by atoms with Gasteiger partial charge in [-0.3, -0.25) is 0 Å². The Morgan fingerprint density at radius 3 is 1.90 bits per heavy atom. The highest BCUT2D eigenvalue weighted by molar-refractivity contribution is 5.84. The summed E-state index contributed by atoms with van der Waals surface area (Å²) in [4.78, 5) is 7.09. The number of benzene rings is 6. The molecule has 0 aliphatic carbocycles. The molecular formula is C47H33N3O2. The lowest BCUT2D eigenvalue weighted by Crippen LogP contribution is -2.10. The SMILES string of the molecule is c1ccc2c(c1)CC(c1ccc(N(c3ccc(-c4ccc(-c5cn6ccccc6n5)cc4)cc3)c3ccc(-c4cc5ccccc5o4)cc3)cc1)O2. The van der Waals surface area contributed by atoms with Gasteiger partial charge in [0.25, 0.3) is 0 Å². The normalized spacial score (nSPS) is 13.7. The van der Waals surface area contributed by atoms with Crippen LogP contribution in [0.2, 0.25) is 0 Å². The van der Waals surface area contributed by atoms with Crippen molar-refractivity contribution in [3.63, 3.8) is 0 Å². The predicted molar refractivity (Wildman–Crippen MR) is 209 cm³/mol. The van der Waals surface area contributed by atoms with Gasteiger partial charge in [-0.2, -0.15) is 0 Å². The van der Waals surface area contributed by atoms with Gasteiger partial charge in [-0.15, -0.1) is 0 Å². The summed E-state index contributed by atoms with van der Waals surface area (Å²) in [6, 6.07) is 59.4. The number of para-hydroxylation sites is 2. The second kappa shape index (κ2) is 12.5. The zero-order chi connectivity index (χ0) is 34.4. The molecule has 0 saturated carbocycles. The molecule has 52 heavy (non-hydrogen) atoms. The number of hydrogen-bond donors (Lipinski definition) is 0. The van der Waals surface area contributed by atoms with Crippen molar-refractivity contribution in [1.29, 1.82) is 0 Å². The number of furan rings is 1. The van der Waals surface area contributed by atoms with Crippen molar-refractivity contribution >= 4 is 33.7 Å². The first-order valence-electron chi connectivity index (χ1n) is 17.6. The van der Waals surface area contributed by atoms with E-state index >= 15 is 0 Å². The number of hydrogen-bond acceptors (Lipinski definition) is 4. The fourth-order valence-electron chi connectivity index (χ4n) is 7.26. The second-order valence-electron chi connectivity index (χ2n) is 13.3. The number of pyridine rings is 1. The Morgan fingerprint density at radius 2 is 1.19 bits per heavy atom. The minimum atomic E-state index is 0.0152. The lowest BCUT2D eigenvalue weighted by Gasteiger charge is -2.26. The zero-order valence-electron chi connectivity index (χ0n) is 28.3. The third kappa shape index (κ3) is 5.49. The van der Waals surface area contributed by atoms with E-state index in [1.165, 1.54) is 11.1 Å². The largest absolute Gasteiger partial charge is 0.485 e. The van der Waals surface area contributed by atoms with Gasteiger partial charge in [0.05, 0.1) is 5.69 Å². The van der Waals surface area contributed by atoms with Crippen LogP contribution in [0.4, 0.5) is 17.1 Å². The van der Waals surface area contributed by atoms with Crippen LogP contribution < -0.4 is 9.64 Å². The third-order valence-corrected chi connectivity index (χ3v) is 10.0. The van der Waals surface area contributed by atoms with Crippen LogP contribution in [-0.4, -0.2) is 9.38 Å². The number of nitrogens with zero attached hydrogens (tertiary/aromatic N) is 3. The highest BCUT2D eigenvalue weighted by Gasteiger charge is 2.24. The van der Waals surface area contributed by atoms with Crippen molar-refractivity contribution in [3.8, 4) is 39.5 Å². The van der Waals surface area contributed by atoms with Gasteiger partial charge in [0, 0.05) is 52.4 Å². The monoisotopic (exact) mass is 671 g/mol. The summed E-state index contributed by atoms with van der Waals surface area (Å²) < 4.78 is 14.5. The topological polar surface area (TPSA) is 42.9 Å². The van der Waals surface area contributed by atoms with Gasteiger partial charge in [-0.1, -0.05) is 91.0 Å². The maximum absolute atomic E-state index is 6.31. The van der Waals surface area contributed by atoms with Crippen LogP contribution in [0.1, 0.15) is 17.2 Å². The number of ether oxygens (including phenoxy) is 1. The van der Waals surface area contributed by atoms with Crippen LogP contribution in [0, 0.1) is 0 Å². The van der Waals surface area contributed by atoms with E-state index in [-0.39, 0.29) is 6.10 Å². The summed E-state index contributed by atoms with van der Waals surface area (Å²) in [6.45, 7) is 0. The van der Waals surface area contributed by atoms with Crippen molar-refractivity contribution in [3.05, 3.63) is 193 Å². The maximum atomic E-state index is 6.31. The Hall–Kier alpha value is -6.85. The van der Waals surface area contributed by atoms with E-state index in [2.05, 4.69) is 143 Å². The van der Waals surface area contributed by atoms with Gasteiger partial charge in [0.2, 0.25) is 0 Å². The van der Waals surface area contributed by atoms with Crippen LogP contribution in [0.15, 0.2) is 187 Å². The fraction of sp³-hybridized carbons (Fsp3) is 0.0426. The van der Waals surface area contributed by atoms with Crippen molar-refractivity contribution in [2.75, 3.05) is 4.90 Å². The van der Waals surface area contributed by atoms with Crippen LogP contribution in [0.3, 0.4) is 0 Å². The van der Waals surface area contributed by atoms with Gasteiger partial charge in [-0.05, 0) is 101 Å². The zero-order valence-corrected chi connectivity index (χ0v) is 28.3. The molecular weight excluding hydrogens is 639 g/mol. The smallest absolute Gasteiger partial charge is 0.137 e. The van der Waals surface area contributed by atoms with E-state index in [1.807, 2.05) is 48.7 Å². The summed E-state index contributed by atoms with van der Waals surface area (Å²) >= 11 is 0. The van der Waals surface area contributed by atoms with Gasteiger partial charge in [0.1, 0.15) is 28.8 Å². The highest BCUT2D eigenvalue weighted by atomic mass is 16.5. The summed E-state index contributed by atoms with van der Waals surface area (Å²) in [6.07, 6.45) is 4.99. The summed E-state index contributed by atoms with van der Waals surface area (Å²) in [5.41, 5.74) is 12.9. The molecule has 0 spiro atoms. The van der Waals surface area contributed by atoms with E-state index < -0.39 is 0 Å². The average Bonchev–Trinajstić information content (AvgIpc) is 3.96. The quantitative estimate of drug-likeness (QED) is 0.169. The minimum absolute atomic E-state index is 0.0152. The lowest BCUT2D eigenvalue weighted by molar-refractivity contribution is 0.239. The van der Waals surface area contributed by atoms with Gasteiger partial charge >= 0.3 is 0 Å². The van der Waals surface area contributed by atoms with E-state index in [0.29, 0.717) is 0 Å². The molecule has 1 aliphatic rings. The Kier molecular flexibility index (Phi) is 7.21. The summed E-state index contributed by atoms with van der Waals surface area (Å²) in [5.74, 6) is 1.84. The van der Waals surface area contributed by atoms with E-state index in [1.54, 1.807) is 0 Å². The first kappa shape index (κ1) is 30.0. The molecule has 5 heteroatoms. The van der Waals surface area contributed by atoms with Crippen LogP contribution in [0.5, 0.6) is 5.75 Å². The Balaban J connectivity index is 0.960. The first-order valence-corrected chi connectivity index (χ1v) is 17.6. The molecule has 248 valence electrons. The maximum Gasteiger partial charge on any atom is 0.137 e. The molecule has 0 amide bonds. The van der Waals surface area contributed by atoms with E-state index in [4.69, 9.17) is 14.1 Å². The van der Waals surface area contributed by atoms with Crippen molar-refractivity contribution in [1.82, 2.24) is 9.38 Å². The molecule has 1 aliphatic heterocycles. The Bertz CT molecular complexity index is 2580. The van der Waals surface area contributed by atoms with Gasteiger partial charge in [-0.25, -0.2) is 4.98 Å². The van der Waals surface area contributed by atoms with E-state index in [9.17, 15) is 0 Å². The number of aromatic nitrogens is 2. The van der Waals surface area contributed by atoms with E-state index in [0.717, 1.165) is 79.6 Å². The number of anilines is 3. The Labute approximate surface area is 301 Å². The molecule has 0 saturated heterocycles. The molecule has 0 N–H and O–H groups in total. The molecule has 1 unspecified atom stereocenters. The minimum Gasteiger partial charge on any atom is -0.485 e. The number of imidazole rings is 1. The average molecular weight is 672 g/mol. The molecule has 0 radical (unpaired) electrons. The van der Waals surface area contributed by atoms with Crippen LogP contribution in [-0.2, 0) is 6.42 Å². The number of fused-ring (bicyclic) bond motifs is 3. The van der Waals surface area contributed by atoms with Crippen molar-refractivity contribution in [2.24, 2.45) is 0 Å².